The van der Waals surface area contributed by atoms with Crippen molar-refractivity contribution in [2.75, 3.05) is 31.7 Å². The third kappa shape index (κ3) is 4.17. The molecular weight excluding hydrogens is 430 g/mol. The number of amides is 1. The highest BCUT2D eigenvalue weighted by Gasteiger charge is 2.37. The smallest absolute Gasteiger partial charge is 0.414 e. The highest BCUT2D eigenvalue weighted by molar-refractivity contribution is 7.89. The summed E-state index contributed by atoms with van der Waals surface area (Å²) >= 11 is 0. The lowest BCUT2D eigenvalue weighted by Gasteiger charge is -2.29. The molecule has 2 aromatic rings. The van der Waals surface area contributed by atoms with Crippen molar-refractivity contribution < 1.29 is 22.7 Å². The van der Waals surface area contributed by atoms with E-state index in [0.29, 0.717) is 25.3 Å². The molecule has 2 heterocycles. The third-order valence-electron chi connectivity index (χ3n) is 5.59. The van der Waals surface area contributed by atoms with Gasteiger partial charge in [0.25, 0.3) is 10.0 Å². The minimum atomic E-state index is -3.88. The zero-order valence-corrected chi connectivity index (χ0v) is 19.0. The van der Waals surface area contributed by atoms with E-state index >= 15 is 0 Å². The van der Waals surface area contributed by atoms with Gasteiger partial charge in [-0.3, -0.25) is 4.90 Å². The predicted molar refractivity (Wildman–Crippen MR) is 121 cm³/mol. The van der Waals surface area contributed by atoms with Crippen molar-refractivity contribution in [2.24, 2.45) is 4.99 Å². The number of fused-ring (bicyclic) bond motifs is 1. The highest BCUT2D eigenvalue weighted by atomic mass is 32.2. The first-order valence-electron chi connectivity index (χ1n) is 10.7. The maximum absolute atomic E-state index is 13.5. The second kappa shape index (κ2) is 9.20. The Morgan fingerprint density at radius 3 is 2.69 bits per heavy atom. The van der Waals surface area contributed by atoms with Gasteiger partial charge >= 0.3 is 12.1 Å². The molecule has 0 saturated heterocycles. The number of aryl methyl sites for hydroxylation is 1. The van der Waals surface area contributed by atoms with Crippen LogP contribution in [0.25, 0.3) is 0 Å². The lowest BCUT2D eigenvalue weighted by Crippen LogP contribution is -2.37. The van der Waals surface area contributed by atoms with Gasteiger partial charge in [0.1, 0.15) is 0 Å². The molecular formula is C23H27N3O5S. The molecule has 0 aromatic heterocycles. The highest BCUT2D eigenvalue weighted by Crippen LogP contribution is 2.33. The van der Waals surface area contributed by atoms with E-state index in [1.54, 1.807) is 17.0 Å². The van der Waals surface area contributed by atoms with Crippen LogP contribution in [0.5, 0.6) is 0 Å². The van der Waals surface area contributed by atoms with Gasteiger partial charge in [0.05, 0.1) is 36.9 Å². The Hall–Kier alpha value is -3.07. The third-order valence-corrected chi connectivity index (χ3v) is 7.33. The summed E-state index contributed by atoms with van der Waals surface area (Å²) in [6.45, 7) is 3.01. The molecule has 0 fully saturated rings. The molecule has 9 heteroatoms. The van der Waals surface area contributed by atoms with E-state index in [0.717, 1.165) is 24.0 Å². The van der Waals surface area contributed by atoms with Gasteiger partial charge < -0.3 is 9.47 Å². The van der Waals surface area contributed by atoms with E-state index in [1.165, 1.54) is 17.5 Å². The van der Waals surface area contributed by atoms with Crippen LogP contribution in [0.15, 0.2) is 58.4 Å². The van der Waals surface area contributed by atoms with Crippen LogP contribution in [0.3, 0.4) is 0 Å². The van der Waals surface area contributed by atoms with Crippen LogP contribution >= 0.6 is 0 Å². The van der Waals surface area contributed by atoms with Crippen LogP contribution in [0.1, 0.15) is 36.9 Å². The van der Waals surface area contributed by atoms with Crippen LogP contribution in [0.2, 0.25) is 0 Å². The standard InChI is InChI=1S/C23H27N3O5S/c1-3-14-31-23(27)25-13-7-10-18-15-19(11-12-21(18)25)32(28,29)26-16-20(24-22(26)30-2)17-8-5-4-6-9-17/h4-6,8-9,11-12,15,20H,3,7,10,13-14,16H2,1-2H3. The van der Waals surface area contributed by atoms with E-state index in [1.807, 2.05) is 37.3 Å². The average molecular weight is 458 g/mol. The fraction of sp³-hybridized carbons (Fsp3) is 0.391. The van der Waals surface area contributed by atoms with Crippen molar-refractivity contribution in [1.29, 1.82) is 0 Å². The summed E-state index contributed by atoms with van der Waals surface area (Å²) in [5.41, 5.74) is 2.42. The molecule has 1 unspecified atom stereocenters. The van der Waals surface area contributed by atoms with Crippen molar-refractivity contribution in [2.45, 2.75) is 37.1 Å². The predicted octanol–water partition coefficient (Wildman–Crippen LogP) is 3.73. The Kier molecular flexibility index (Phi) is 6.36. The van der Waals surface area contributed by atoms with Crippen molar-refractivity contribution in [3.8, 4) is 0 Å². The maximum Gasteiger partial charge on any atom is 0.414 e. The van der Waals surface area contributed by atoms with Crippen molar-refractivity contribution in [3.63, 3.8) is 0 Å². The number of anilines is 1. The molecule has 1 atom stereocenters. The first-order chi connectivity index (χ1) is 15.5. The molecule has 0 aliphatic carbocycles. The zero-order chi connectivity index (χ0) is 22.7. The molecule has 32 heavy (non-hydrogen) atoms. The molecule has 0 radical (unpaired) electrons. The molecule has 0 spiro atoms. The number of amidine groups is 1. The van der Waals surface area contributed by atoms with E-state index < -0.39 is 16.1 Å². The van der Waals surface area contributed by atoms with Gasteiger partial charge in [0, 0.05) is 6.54 Å². The first kappa shape index (κ1) is 22.1. The molecule has 8 nitrogen and oxygen atoms in total. The molecule has 2 aliphatic rings. The van der Waals surface area contributed by atoms with E-state index in [2.05, 4.69) is 4.99 Å². The molecule has 2 aromatic carbocycles. The second-order valence-corrected chi connectivity index (χ2v) is 9.60. The van der Waals surface area contributed by atoms with E-state index in [4.69, 9.17) is 9.47 Å². The van der Waals surface area contributed by atoms with Gasteiger partial charge in [-0.1, -0.05) is 37.3 Å². The Balaban J connectivity index is 1.61. The van der Waals surface area contributed by atoms with Gasteiger partial charge in [-0.25, -0.2) is 22.5 Å². The number of carbonyl (C=O) groups excluding carboxylic acids is 1. The summed E-state index contributed by atoms with van der Waals surface area (Å²) in [7, 11) is -2.47. The lowest BCUT2D eigenvalue weighted by atomic mass is 10.0. The number of carbonyl (C=O) groups is 1. The van der Waals surface area contributed by atoms with Gasteiger partial charge in [-0.05, 0) is 48.6 Å². The van der Waals surface area contributed by atoms with E-state index in [9.17, 15) is 13.2 Å². The summed E-state index contributed by atoms with van der Waals surface area (Å²) < 4.78 is 38.8. The number of sulfonamides is 1. The summed E-state index contributed by atoms with van der Waals surface area (Å²) in [6, 6.07) is 14.1. The number of aliphatic imine (C=N–C) groups is 1. The number of hydrogen-bond acceptors (Lipinski definition) is 6. The van der Waals surface area contributed by atoms with Crippen LogP contribution < -0.4 is 4.90 Å². The minimum absolute atomic E-state index is 0.0707. The monoisotopic (exact) mass is 457 g/mol. The molecule has 1 amide bonds. The first-order valence-corrected chi connectivity index (χ1v) is 12.2. The summed E-state index contributed by atoms with van der Waals surface area (Å²) in [5.74, 6) is 0. The SMILES string of the molecule is CCCOC(=O)N1CCCc2cc(S(=O)(=O)N3CC(c4ccccc4)N=C3OC)ccc21. The van der Waals surface area contributed by atoms with Crippen LogP contribution in [0, 0.1) is 0 Å². The topological polar surface area (TPSA) is 88.5 Å². The number of hydrogen-bond donors (Lipinski definition) is 0. The van der Waals surface area contributed by atoms with Gasteiger partial charge in [0.15, 0.2) is 0 Å². The van der Waals surface area contributed by atoms with Crippen LogP contribution in [-0.2, 0) is 25.9 Å². The Labute approximate surface area is 188 Å². The van der Waals surface area contributed by atoms with Gasteiger partial charge in [-0.15, -0.1) is 0 Å². The van der Waals surface area contributed by atoms with Gasteiger partial charge in [-0.2, -0.15) is 0 Å². The number of rotatable bonds is 5. The maximum atomic E-state index is 13.5. The quantitative estimate of drug-likeness (QED) is 0.683. The molecule has 4 rings (SSSR count). The van der Waals surface area contributed by atoms with E-state index in [-0.39, 0.29) is 23.5 Å². The van der Waals surface area contributed by atoms with Crippen molar-refractivity contribution >= 4 is 27.8 Å². The van der Waals surface area contributed by atoms with Crippen LogP contribution in [0.4, 0.5) is 10.5 Å². The minimum Gasteiger partial charge on any atom is -0.468 e. The Morgan fingerprint density at radius 1 is 1.19 bits per heavy atom. The van der Waals surface area contributed by atoms with Crippen molar-refractivity contribution in [1.82, 2.24) is 4.31 Å². The average Bonchev–Trinajstić information content (AvgIpc) is 3.28. The molecule has 0 saturated carbocycles. The number of nitrogens with zero attached hydrogens (tertiary/aromatic N) is 3. The summed E-state index contributed by atoms with van der Waals surface area (Å²) in [4.78, 5) is 18.6. The fourth-order valence-corrected chi connectivity index (χ4v) is 5.45. The lowest BCUT2D eigenvalue weighted by molar-refractivity contribution is 0.153. The largest absolute Gasteiger partial charge is 0.468 e. The Bertz CT molecular complexity index is 1120. The molecule has 170 valence electrons. The zero-order valence-electron chi connectivity index (χ0n) is 18.2. The number of benzene rings is 2. The fourth-order valence-electron chi connectivity index (χ4n) is 4.00. The number of ether oxygens (including phenoxy) is 2. The van der Waals surface area contributed by atoms with Crippen LogP contribution in [-0.4, -0.2) is 51.6 Å². The van der Waals surface area contributed by atoms with Gasteiger partial charge in [0.2, 0.25) is 0 Å². The summed E-state index contributed by atoms with van der Waals surface area (Å²) in [5, 5.41) is 0. The molecule has 0 bridgehead atoms. The Morgan fingerprint density at radius 2 is 1.97 bits per heavy atom. The van der Waals surface area contributed by atoms with Crippen molar-refractivity contribution in [3.05, 3.63) is 59.7 Å². The normalized spacial score (nSPS) is 18.2. The number of methoxy groups -OCH3 is 1. The molecule has 2 aliphatic heterocycles. The summed E-state index contributed by atoms with van der Waals surface area (Å²) in [6.07, 6.45) is 1.77. The second-order valence-electron chi connectivity index (χ2n) is 7.74. The molecule has 0 N–H and O–H groups in total.